The van der Waals surface area contributed by atoms with E-state index in [9.17, 15) is 16.8 Å². The van der Waals surface area contributed by atoms with Crippen molar-refractivity contribution in [2.24, 2.45) is 0 Å². The highest BCUT2D eigenvalue weighted by Crippen LogP contribution is 2.59. The van der Waals surface area contributed by atoms with Crippen LogP contribution < -0.4 is 14.7 Å². The quantitative estimate of drug-likeness (QED) is 0.144. The minimum absolute atomic E-state index is 0.169. The third kappa shape index (κ3) is 7.60. The highest BCUT2D eigenvalue weighted by molar-refractivity contribution is 7.97. The molecular formula is C79H59N5O4S2. The summed E-state index contributed by atoms with van der Waals surface area (Å²) in [4.78, 5) is 16.6. The van der Waals surface area contributed by atoms with Crippen molar-refractivity contribution in [1.82, 2.24) is 9.97 Å². The summed E-state index contributed by atoms with van der Waals surface area (Å²) in [6, 6.07) is 85.2. The first-order chi connectivity index (χ1) is 43.7. The van der Waals surface area contributed by atoms with Crippen molar-refractivity contribution in [3.05, 3.63) is 294 Å². The third-order valence-electron chi connectivity index (χ3n) is 20.2. The van der Waals surface area contributed by atoms with Gasteiger partial charge in [-0.2, -0.15) is 0 Å². The van der Waals surface area contributed by atoms with Gasteiger partial charge in [-0.15, -0.1) is 0 Å². The van der Waals surface area contributed by atoms with Crippen molar-refractivity contribution >= 4 is 103 Å². The number of benzene rings is 12. The molecule has 0 radical (unpaired) electrons. The Kier molecular flexibility index (Phi) is 11.6. The molecule has 436 valence electrons. The van der Waals surface area contributed by atoms with Gasteiger partial charge in [0.2, 0.25) is 19.7 Å². The standard InChI is InChI=1S/C79H59N5O4S2/c1-77(2)59-19-5-11-25-65(59)83(66-26-12-6-20-60(66)77)53-38-40-55-56-41-39-54(49-58(56)76-75(57(55)48-53)80-45-46-81-76)84-69-29-15-9-23-63(69)79(4,64-24-10-16-30-70(64)84)44-43-78(3)61-21-7-13-27-67(61)82(68-28-14-8-22-62(68)78)52-36-33-50(34-37-52)51-35-42-73-74(47-51)90(87,88)72-32-18-17-31-71(72)89(73,85)86/h5-42,45-49H,43-44H2,1-4H3. The largest absolute Gasteiger partial charge is 0.310 e. The SMILES string of the molecule is CC1(C)c2ccccc2N(c2ccc3c4ccc(N5c6ccccc6C(C)(CCC6(C)c7ccccc7N(c7ccc(-c8ccc9c(c8)S(=O)(=O)c8ccccc8S9(=O)=O)cc7)c7ccccc76)c6ccccc65)cc4c4nccnc4c3c2)c2ccccc21. The van der Waals surface area contributed by atoms with Crippen LogP contribution in [0.3, 0.4) is 0 Å². The lowest BCUT2D eigenvalue weighted by atomic mass is 9.63. The normalized spacial score (nSPS) is 16.4. The fraction of sp³-hybridized carbons (Fsp3) is 0.114. The molecule has 0 amide bonds. The third-order valence-corrected chi connectivity index (χ3v) is 24.1. The lowest BCUT2D eigenvalue weighted by Crippen LogP contribution is -2.37. The lowest BCUT2D eigenvalue weighted by molar-refractivity contribution is 0.410. The van der Waals surface area contributed by atoms with Crippen LogP contribution in [-0.2, 0) is 35.9 Å². The van der Waals surface area contributed by atoms with Crippen molar-refractivity contribution in [3.63, 3.8) is 0 Å². The smallest absolute Gasteiger partial charge is 0.209 e. The molecule has 13 aromatic rings. The monoisotopic (exact) mass is 1210 g/mol. The zero-order chi connectivity index (χ0) is 61.1. The summed E-state index contributed by atoms with van der Waals surface area (Å²) in [5.41, 5.74) is 19.5. The van der Waals surface area contributed by atoms with E-state index in [0.717, 1.165) is 90.8 Å². The van der Waals surface area contributed by atoms with E-state index >= 15 is 0 Å². The number of nitrogens with zero attached hydrogens (tertiary/aromatic N) is 5. The maximum Gasteiger partial charge on any atom is 0.209 e. The highest BCUT2D eigenvalue weighted by Gasteiger charge is 2.46. The first-order valence-corrected chi connectivity index (χ1v) is 33.5. The van der Waals surface area contributed by atoms with E-state index < -0.39 is 30.5 Å². The molecule has 11 heteroatoms. The minimum Gasteiger partial charge on any atom is -0.310 e. The Bertz CT molecular complexity index is 5310. The van der Waals surface area contributed by atoms with Gasteiger partial charge in [-0.05, 0) is 165 Å². The summed E-state index contributed by atoms with van der Waals surface area (Å²) in [5, 5.41) is 4.34. The average Bonchev–Trinajstić information content (AvgIpc) is 0.743. The van der Waals surface area contributed by atoms with Crippen LogP contribution in [0.25, 0.3) is 43.7 Å². The van der Waals surface area contributed by atoms with Gasteiger partial charge in [0.1, 0.15) is 0 Å². The maximum absolute atomic E-state index is 14.0. The van der Waals surface area contributed by atoms with Crippen LogP contribution >= 0.6 is 0 Å². The summed E-state index contributed by atoms with van der Waals surface area (Å²) < 4.78 is 55.3. The molecule has 0 N–H and O–H groups in total. The van der Waals surface area contributed by atoms with Gasteiger partial charge in [0, 0.05) is 56.5 Å². The van der Waals surface area contributed by atoms with Gasteiger partial charge in [0.25, 0.3) is 0 Å². The molecule has 5 heterocycles. The first kappa shape index (κ1) is 54.0. The minimum atomic E-state index is -4.09. The van der Waals surface area contributed by atoms with Crippen LogP contribution in [-0.4, -0.2) is 26.8 Å². The number of anilines is 9. The van der Waals surface area contributed by atoms with Crippen LogP contribution in [0, 0.1) is 0 Å². The Balaban J connectivity index is 0.717. The van der Waals surface area contributed by atoms with E-state index in [-0.39, 0.29) is 25.0 Å². The number of hydrogen-bond donors (Lipinski definition) is 0. The molecule has 0 atom stereocenters. The van der Waals surface area contributed by atoms with Gasteiger partial charge in [0.05, 0.1) is 64.7 Å². The van der Waals surface area contributed by atoms with Gasteiger partial charge in [-0.3, -0.25) is 9.97 Å². The Morgan fingerprint density at radius 2 is 0.633 bits per heavy atom. The van der Waals surface area contributed by atoms with Gasteiger partial charge in [-0.1, -0.05) is 179 Å². The Labute approximate surface area is 523 Å². The molecule has 4 aliphatic rings. The van der Waals surface area contributed by atoms with E-state index in [1.54, 1.807) is 18.2 Å². The molecule has 1 aromatic heterocycles. The Morgan fingerprint density at radius 3 is 1.06 bits per heavy atom. The topological polar surface area (TPSA) is 104 Å². The van der Waals surface area contributed by atoms with Gasteiger partial charge in [-0.25, -0.2) is 16.8 Å². The molecule has 0 saturated carbocycles. The summed E-state index contributed by atoms with van der Waals surface area (Å²) in [7, 11) is -8.13. The number of aromatic nitrogens is 2. The van der Waals surface area contributed by atoms with E-state index in [1.807, 2.05) is 24.5 Å². The molecule has 90 heavy (non-hydrogen) atoms. The molecule has 0 saturated heterocycles. The van der Waals surface area contributed by atoms with Gasteiger partial charge in [0.15, 0.2) is 0 Å². The van der Waals surface area contributed by atoms with Crippen LogP contribution in [0.5, 0.6) is 0 Å². The molecule has 9 nitrogen and oxygen atoms in total. The summed E-state index contributed by atoms with van der Waals surface area (Å²) in [6.07, 6.45) is 5.29. The number of sulfone groups is 2. The Hall–Kier alpha value is -10.2. The summed E-state index contributed by atoms with van der Waals surface area (Å²) in [6.45, 7) is 9.48. The van der Waals surface area contributed by atoms with E-state index in [0.29, 0.717) is 5.56 Å². The molecule has 0 aliphatic carbocycles. The predicted molar refractivity (Wildman–Crippen MR) is 362 cm³/mol. The van der Waals surface area contributed by atoms with Crippen LogP contribution in [0.1, 0.15) is 73.9 Å². The molecule has 0 bridgehead atoms. The molecule has 0 unspecified atom stereocenters. The second-order valence-electron chi connectivity index (χ2n) is 25.3. The molecule has 12 aromatic carbocycles. The van der Waals surface area contributed by atoms with Gasteiger partial charge < -0.3 is 14.7 Å². The molecule has 0 spiro atoms. The summed E-state index contributed by atoms with van der Waals surface area (Å²) >= 11 is 0. The Morgan fingerprint density at radius 1 is 0.311 bits per heavy atom. The number of para-hydroxylation sites is 6. The van der Waals surface area contributed by atoms with Crippen molar-refractivity contribution in [2.45, 2.75) is 76.4 Å². The van der Waals surface area contributed by atoms with Crippen LogP contribution in [0.15, 0.2) is 281 Å². The average molecular weight is 1210 g/mol. The lowest BCUT2D eigenvalue weighted by Gasteiger charge is -2.47. The fourth-order valence-electron chi connectivity index (χ4n) is 15.6. The van der Waals surface area contributed by atoms with E-state index in [2.05, 4.69) is 237 Å². The zero-order valence-corrected chi connectivity index (χ0v) is 51.6. The number of fused-ring (bicyclic) bond motifs is 14. The summed E-state index contributed by atoms with van der Waals surface area (Å²) in [5.74, 6) is 0. The van der Waals surface area contributed by atoms with Crippen molar-refractivity contribution < 1.29 is 16.8 Å². The molecule has 4 aliphatic heterocycles. The second kappa shape index (κ2) is 19.4. The van der Waals surface area contributed by atoms with E-state index in [4.69, 9.17) is 9.97 Å². The maximum atomic E-state index is 14.0. The number of hydrogen-bond acceptors (Lipinski definition) is 9. The fourth-order valence-corrected chi connectivity index (χ4v) is 19.8. The van der Waals surface area contributed by atoms with Crippen LogP contribution in [0.4, 0.5) is 51.2 Å². The molecule has 17 rings (SSSR count). The van der Waals surface area contributed by atoms with Crippen LogP contribution in [0.2, 0.25) is 0 Å². The second-order valence-corrected chi connectivity index (χ2v) is 29.0. The predicted octanol–water partition coefficient (Wildman–Crippen LogP) is 19.4. The van der Waals surface area contributed by atoms with E-state index in [1.165, 1.54) is 69.0 Å². The van der Waals surface area contributed by atoms with Crippen molar-refractivity contribution in [1.29, 1.82) is 0 Å². The molecule has 0 fully saturated rings. The first-order valence-electron chi connectivity index (χ1n) is 30.6. The van der Waals surface area contributed by atoms with Crippen molar-refractivity contribution in [2.75, 3.05) is 14.7 Å². The van der Waals surface area contributed by atoms with Crippen molar-refractivity contribution in [3.8, 4) is 11.1 Å². The zero-order valence-electron chi connectivity index (χ0n) is 49.9. The molecular weight excluding hydrogens is 1150 g/mol. The highest BCUT2D eigenvalue weighted by atomic mass is 32.2. The number of rotatable bonds is 7. The van der Waals surface area contributed by atoms with Gasteiger partial charge >= 0.3 is 0 Å².